The fourth-order valence-electron chi connectivity index (χ4n) is 1.90. The van der Waals surface area contributed by atoms with E-state index in [1.165, 1.54) is 0 Å². The van der Waals surface area contributed by atoms with E-state index in [-0.39, 0.29) is 0 Å². The molecule has 1 heterocycles. The molecule has 18 heavy (non-hydrogen) atoms. The Labute approximate surface area is 112 Å². The van der Waals surface area contributed by atoms with E-state index in [4.69, 9.17) is 16.3 Å². The predicted octanol–water partition coefficient (Wildman–Crippen LogP) is 3.73. The molecule has 0 radical (unpaired) electrons. The zero-order valence-electron chi connectivity index (χ0n) is 10.9. The van der Waals surface area contributed by atoms with Gasteiger partial charge < -0.3 is 4.74 Å². The van der Waals surface area contributed by atoms with Crippen LogP contribution < -0.4 is 4.74 Å². The zero-order valence-corrected chi connectivity index (χ0v) is 11.6. The number of hydrogen-bond acceptors (Lipinski definition) is 2. The summed E-state index contributed by atoms with van der Waals surface area (Å²) in [6, 6.07) is 9.62. The van der Waals surface area contributed by atoms with Crippen LogP contribution in [0.5, 0.6) is 5.75 Å². The summed E-state index contributed by atoms with van der Waals surface area (Å²) in [5, 5.41) is 5.14. The molecule has 0 amide bonds. The molecule has 0 aliphatic carbocycles. The van der Waals surface area contributed by atoms with Crippen LogP contribution in [-0.4, -0.2) is 16.9 Å². The summed E-state index contributed by atoms with van der Waals surface area (Å²) in [5.74, 6) is 1.32. The first kappa shape index (κ1) is 13.0. The van der Waals surface area contributed by atoms with Gasteiger partial charge in [-0.3, -0.25) is 0 Å². The van der Waals surface area contributed by atoms with Gasteiger partial charge in [-0.25, -0.2) is 4.68 Å². The van der Waals surface area contributed by atoms with Gasteiger partial charge in [0.05, 0.1) is 12.8 Å². The summed E-state index contributed by atoms with van der Waals surface area (Å²) in [7, 11) is 1.64. The van der Waals surface area contributed by atoms with Crippen molar-refractivity contribution < 1.29 is 4.74 Å². The summed E-state index contributed by atoms with van der Waals surface area (Å²) < 4.78 is 7.05. The van der Waals surface area contributed by atoms with Crippen molar-refractivity contribution in [2.45, 2.75) is 20.3 Å². The van der Waals surface area contributed by atoms with Crippen LogP contribution in [0, 0.1) is 5.92 Å². The number of para-hydroxylation sites is 2. The Balaban J connectivity index is 2.41. The van der Waals surface area contributed by atoms with Crippen molar-refractivity contribution in [3.63, 3.8) is 0 Å². The van der Waals surface area contributed by atoms with Crippen LogP contribution >= 0.6 is 11.6 Å². The molecule has 0 N–H and O–H groups in total. The molecule has 0 saturated carbocycles. The number of aromatic nitrogens is 2. The first-order valence-corrected chi connectivity index (χ1v) is 6.37. The Bertz CT molecular complexity index is 534. The Morgan fingerprint density at radius 3 is 2.72 bits per heavy atom. The minimum atomic E-state index is 0.557. The molecule has 1 aromatic heterocycles. The SMILES string of the molecule is COc1ccccc1-n1nc(CC(C)C)cc1Cl. The molecule has 0 fully saturated rings. The molecule has 0 aliphatic heterocycles. The number of ether oxygens (including phenoxy) is 1. The van der Waals surface area contributed by atoms with Crippen LogP contribution in [0.3, 0.4) is 0 Å². The second kappa shape index (κ2) is 5.44. The summed E-state index contributed by atoms with van der Waals surface area (Å²) in [6.45, 7) is 4.33. The highest BCUT2D eigenvalue weighted by molar-refractivity contribution is 6.29. The van der Waals surface area contributed by atoms with Gasteiger partial charge in [-0.15, -0.1) is 0 Å². The average molecular weight is 265 g/mol. The normalized spacial score (nSPS) is 10.9. The van der Waals surface area contributed by atoms with Gasteiger partial charge in [0.25, 0.3) is 0 Å². The molecule has 0 spiro atoms. The summed E-state index contributed by atoms with van der Waals surface area (Å²) in [4.78, 5) is 0. The number of halogens is 1. The van der Waals surface area contributed by atoms with E-state index in [9.17, 15) is 0 Å². The quantitative estimate of drug-likeness (QED) is 0.841. The number of methoxy groups -OCH3 is 1. The number of nitrogens with zero attached hydrogens (tertiary/aromatic N) is 2. The predicted molar refractivity (Wildman–Crippen MR) is 73.7 cm³/mol. The van der Waals surface area contributed by atoms with Gasteiger partial charge in [-0.2, -0.15) is 5.10 Å². The lowest BCUT2D eigenvalue weighted by Crippen LogP contribution is -2.01. The lowest BCUT2D eigenvalue weighted by molar-refractivity contribution is 0.411. The maximum Gasteiger partial charge on any atom is 0.144 e. The Morgan fingerprint density at radius 2 is 2.06 bits per heavy atom. The maximum atomic E-state index is 6.24. The maximum absolute atomic E-state index is 6.24. The first-order valence-electron chi connectivity index (χ1n) is 5.99. The lowest BCUT2D eigenvalue weighted by Gasteiger charge is -2.08. The summed E-state index contributed by atoms with van der Waals surface area (Å²) >= 11 is 6.24. The van der Waals surface area contributed by atoms with Gasteiger partial charge in [0.1, 0.15) is 16.6 Å². The largest absolute Gasteiger partial charge is 0.494 e. The molecule has 0 aliphatic rings. The van der Waals surface area contributed by atoms with Crippen molar-refractivity contribution in [1.82, 2.24) is 9.78 Å². The van der Waals surface area contributed by atoms with E-state index in [1.54, 1.807) is 11.8 Å². The smallest absolute Gasteiger partial charge is 0.144 e. The van der Waals surface area contributed by atoms with Crippen molar-refractivity contribution in [1.29, 1.82) is 0 Å². The first-order chi connectivity index (χ1) is 8.61. The fourth-order valence-corrected chi connectivity index (χ4v) is 2.15. The van der Waals surface area contributed by atoms with Gasteiger partial charge in [0, 0.05) is 0 Å². The molecule has 0 atom stereocenters. The third-order valence-corrected chi connectivity index (χ3v) is 2.92. The van der Waals surface area contributed by atoms with E-state index < -0.39 is 0 Å². The Kier molecular flexibility index (Phi) is 3.92. The molecule has 96 valence electrons. The Morgan fingerprint density at radius 1 is 1.33 bits per heavy atom. The van der Waals surface area contributed by atoms with E-state index >= 15 is 0 Å². The number of hydrogen-bond donors (Lipinski definition) is 0. The van der Waals surface area contributed by atoms with Crippen LogP contribution in [0.4, 0.5) is 0 Å². The fraction of sp³-hybridized carbons (Fsp3) is 0.357. The zero-order chi connectivity index (χ0) is 13.1. The van der Waals surface area contributed by atoms with Crippen LogP contribution in [0.15, 0.2) is 30.3 Å². The molecule has 2 rings (SSSR count). The van der Waals surface area contributed by atoms with Gasteiger partial charge in [0.2, 0.25) is 0 Å². The second-order valence-corrected chi connectivity index (χ2v) is 5.03. The van der Waals surface area contributed by atoms with E-state index in [2.05, 4.69) is 18.9 Å². The van der Waals surface area contributed by atoms with Crippen LogP contribution in [-0.2, 0) is 6.42 Å². The number of rotatable bonds is 4. The van der Waals surface area contributed by atoms with E-state index in [0.717, 1.165) is 23.6 Å². The van der Waals surface area contributed by atoms with Crippen molar-refractivity contribution >= 4 is 11.6 Å². The average Bonchev–Trinajstić information content (AvgIpc) is 2.69. The lowest BCUT2D eigenvalue weighted by atomic mass is 10.1. The van der Waals surface area contributed by atoms with Crippen molar-refractivity contribution in [3.05, 3.63) is 41.2 Å². The highest BCUT2D eigenvalue weighted by atomic mass is 35.5. The summed E-state index contributed by atoms with van der Waals surface area (Å²) in [5.41, 5.74) is 1.86. The topological polar surface area (TPSA) is 27.1 Å². The number of benzene rings is 1. The molecule has 4 heteroatoms. The molecular weight excluding hydrogens is 248 g/mol. The van der Waals surface area contributed by atoms with Gasteiger partial charge in [0.15, 0.2) is 0 Å². The molecule has 2 aromatic rings. The van der Waals surface area contributed by atoms with Crippen LogP contribution in [0.2, 0.25) is 5.15 Å². The monoisotopic (exact) mass is 264 g/mol. The molecule has 1 aromatic carbocycles. The van der Waals surface area contributed by atoms with Crippen molar-refractivity contribution in [2.75, 3.05) is 7.11 Å². The minimum absolute atomic E-state index is 0.557. The van der Waals surface area contributed by atoms with Gasteiger partial charge in [-0.05, 0) is 30.5 Å². The third kappa shape index (κ3) is 2.67. The molecular formula is C14H17ClN2O. The third-order valence-electron chi connectivity index (χ3n) is 2.65. The van der Waals surface area contributed by atoms with Crippen LogP contribution in [0.1, 0.15) is 19.5 Å². The minimum Gasteiger partial charge on any atom is -0.494 e. The Hall–Kier alpha value is -1.48. The van der Waals surface area contributed by atoms with Crippen molar-refractivity contribution in [2.24, 2.45) is 5.92 Å². The molecule has 0 bridgehead atoms. The molecule has 3 nitrogen and oxygen atoms in total. The van der Waals surface area contributed by atoms with Gasteiger partial charge in [-0.1, -0.05) is 37.6 Å². The highest BCUT2D eigenvalue weighted by Crippen LogP contribution is 2.26. The van der Waals surface area contributed by atoms with Gasteiger partial charge >= 0.3 is 0 Å². The molecule has 0 unspecified atom stereocenters. The highest BCUT2D eigenvalue weighted by Gasteiger charge is 2.12. The van der Waals surface area contributed by atoms with Crippen molar-refractivity contribution in [3.8, 4) is 11.4 Å². The van der Waals surface area contributed by atoms with Crippen LogP contribution in [0.25, 0.3) is 5.69 Å². The second-order valence-electron chi connectivity index (χ2n) is 4.64. The standard InChI is InChI=1S/C14H17ClN2O/c1-10(2)8-11-9-14(15)17(16-11)12-6-4-5-7-13(12)18-3/h4-7,9-10H,8H2,1-3H3. The summed E-state index contributed by atoms with van der Waals surface area (Å²) in [6.07, 6.45) is 0.919. The van der Waals surface area contributed by atoms with E-state index in [0.29, 0.717) is 11.1 Å². The van der Waals surface area contributed by atoms with E-state index in [1.807, 2.05) is 30.3 Å². The molecule has 0 saturated heterocycles.